The van der Waals surface area contributed by atoms with Crippen LogP contribution in [-0.4, -0.2) is 36.5 Å². The Morgan fingerprint density at radius 2 is 1.87 bits per heavy atom. The number of hydrogen-bond donors (Lipinski definition) is 3. The van der Waals surface area contributed by atoms with Crippen LogP contribution in [0.3, 0.4) is 0 Å². The van der Waals surface area contributed by atoms with E-state index in [0.29, 0.717) is 17.7 Å². The minimum absolute atomic E-state index is 0.00663. The molecule has 0 atom stereocenters. The van der Waals surface area contributed by atoms with Crippen LogP contribution in [0.2, 0.25) is 0 Å². The number of nitrogens with zero attached hydrogens (tertiary/aromatic N) is 1. The van der Waals surface area contributed by atoms with Crippen molar-refractivity contribution in [2.75, 3.05) is 23.9 Å². The summed E-state index contributed by atoms with van der Waals surface area (Å²) in [6.45, 7) is 3.41. The molecule has 3 aromatic rings. The second-order valence-corrected chi connectivity index (χ2v) is 6.92. The molecule has 2 aromatic carbocycles. The third-order valence-electron chi connectivity index (χ3n) is 4.53. The molecule has 1 aromatic heterocycles. The van der Waals surface area contributed by atoms with E-state index in [-0.39, 0.29) is 23.4 Å². The quantitative estimate of drug-likeness (QED) is 0.521. The van der Waals surface area contributed by atoms with Gasteiger partial charge in [0.05, 0.1) is 17.8 Å². The summed E-state index contributed by atoms with van der Waals surface area (Å²) >= 11 is 0. The summed E-state index contributed by atoms with van der Waals surface area (Å²) in [7, 11) is 1.79. The fraction of sp³-hybridized carbons (Fsp3) is 0.227. The summed E-state index contributed by atoms with van der Waals surface area (Å²) in [6, 6.07) is 11.3. The van der Waals surface area contributed by atoms with Crippen molar-refractivity contribution in [2.24, 2.45) is 0 Å². The number of anilines is 2. The number of amides is 3. The van der Waals surface area contributed by atoms with Crippen molar-refractivity contribution in [2.45, 2.75) is 20.4 Å². The third-order valence-corrected chi connectivity index (χ3v) is 4.53. The molecule has 0 aliphatic heterocycles. The highest BCUT2D eigenvalue weighted by Gasteiger charge is 2.24. The van der Waals surface area contributed by atoms with Crippen LogP contribution in [-0.2, 0) is 16.1 Å². The average molecular weight is 426 g/mol. The molecule has 31 heavy (non-hydrogen) atoms. The van der Waals surface area contributed by atoms with Gasteiger partial charge in [0.1, 0.15) is 17.2 Å². The fourth-order valence-corrected chi connectivity index (χ4v) is 3.30. The Labute approximate surface area is 178 Å². The Morgan fingerprint density at radius 3 is 2.52 bits per heavy atom. The predicted molar refractivity (Wildman–Crippen MR) is 116 cm³/mol. The average Bonchev–Trinajstić information content (AvgIpc) is 3.05. The molecule has 162 valence electrons. The zero-order chi connectivity index (χ0) is 22.5. The predicted octanol–water partition coefficient (Wildman–Crippen LogP) is 3.79. The topological polar surface area (TPSA) is 104 Å². The Hall–Kier alpha value is -3.88. The Balaban J connectivity index is 2.10. The molecule has 0 aliphatic carbocycles. The maximum absolute atomic E-state index is 14.5. The number of rotatable bonds is 6. The van der Waals surface area contributed by atoms with Gasteiger partial charge >= 0.3 is 12.0 Å². The number of benzene rings is 2. The minimum Gasteiger partial charge on any atom is -0.462 e. The van der Waals surface area contributed by atoms with E-state index in [1.807, 2.05) is 35.2 Å². The lowest BCUT2D eigenvalue weighted by molar-refractivity contribution is -0.117. The molecule has 0 unspecified atom stereocenters. The Morgan fingerprint density at radius 1 is 1.16 bits per heavy atom. The van der Waals surface area contributed by atoms with Gasteiger partial charge in [-0.05, 0) is 24.6 Å². The van der Waals surface area contributed by atoms with Crippen molar-refractivity contribution in [1.82, 2.24) is 10.3 Å². The number of imide groups is 1. The van der Waals surface area contributed by atoms with Gasteiger partial charge in [0.2, 0.25) is 5.91 Å². The molecule has 0 fully saturated rings. The Kier molecular flexibility index (Phi) is 6.54. The van der Waals surface area contributed by atoms with E-state index < -0.39 is 23.7 Å². The largest absolute Gasteiger partial charge is 0.462 e. The first-order valence-corrected chi connectivity index (χ1v) is 9.66. The minimum atomic E-state index is -0.829. The van der Waals surface area contributed by atoms with Gasteiger partial charge in [-0.25, -0.2) is 14.0 Å². The van der Waals surface area contributed by atoms with Gasteiger partial charge < -0.3 is 14.6 Å². The number of esters is 1. The van der Waals surface area contributed by atoms with E-state index in [0.717, 1.165) is 5.56 Å². The molecule has 3 rings (SSSR count). The number of nitrogens with one attached hydrogen (secondary N) is 3. The van der Waals surface area contributed by atoms with Crippen molar-refractivity contribution in [1.29, 1.82) is 0 Å². The van der Waals surface area contributed by atoms with E-state index in [9.17, 15) is 18.8 Å². The van der Waals surface area contributed by atoms with E-state index >= 15 is 0 Å². The lowest BCUT2D eigenvalue weighted by atomic mass is 10.1. The highest BCUT2D eigenvalue weighted by atomic mass is 19.1. The summed E-state index contributed by atoms with van der Waals surface area (Å²) < 4.78 is 19.6. The standard InChI is InChI=1S/C22H23FN4O4/c1-4-31-21(29)18-16-10-15(23)11-17(27(3)12-14-8-6-5-7-9-14)19(16)25-20(18)26-22(30)24-13(2)28/h5-11,25H,4,12H2,1-3H3,(H2,24,26,28,30). The molecule has 0 spiro atoms. The van der Waals surface area contributed by atoms with E-state index in [2.05, 4.69) is 15.6 Å². The molecular formula is C22H23FN4O4. The second-order valence-electron chi connectivity index (χ2n) is 6.92. The zero-order valence-corrected chi connectivity index (χ0v) is 17.4. The monoisotopic (exact) mass is 426 g/mol. The van der Waals surface area contributed by atoms with Crippen LogP contribution in [0, 0.1) is 5.82 Å². The normalized spacial score (nSPS) is 10.6. The number of fused-ring (bicyclic) bond motifs is 1. The van der Waals surface area contributed by atoms with Gasteiger partial charge in [0.25, 0.3) is 0 Å². The maximum Gasteiger partial charge on any atom is 0.342 e. The van der Waals surface area contributed by atoms with Crippen LogP contribution in [0.4, 0.5) is 20.7 Å². The number of ether oxygens (including phenoxy) is 1. The SMILES string of the molecule is CCOC(=O)c1c(NC(=O)NC(C)=O)[nH]c2c(N(C)Cc3ccccc3)cc(F)cc12. The number of aromatic amines is 1. The summed E-state index contributed by atoms with van der Waals surface area (Å²) in [5.41, 5.74) is 1.92. The second kappa shape index (κ2) is 9.29. The molecule has 0 saturated carbocycles. The molecule has 8 nitrogen and oxygen atoms in total. The van der Waals surface area contributed by atoms with Crippen molar-refractivity contribution < 1.29 is 23.5 Å². The van der Waals surface area contributed by atoms with Gasteiger partial charge in [-0.1, -0.05) is 30.3 Å². The van der Waals surface area contributed by atoms with Gasteiger partial charge in [-0.15, -0.1) is 0 Å². The van der Waals surface area contributed by atoms with Crippen LogP contribution < -0.4 is 15.5 Å². The lowest BCUT2D eigenvalue weighted by Crippen LogP contribution is -2.33. The van der Waals surface area contributed by atoms with Gasteiger partial charge in [0.15, 0.2) is 0 Å². The van der Waals surface area contributed by atoms with Crippen molar-refractivity contribution >= 4 is 40.3 Å². The van der Waals surface area contributed by atoms with Crippen LogP contribution in [0.5, 0.6) is 0 Å². The first kappa shape index (κ1) is 21.8. The smallest absolute Gasteiger partial charge is 0.342 e. The summed E-state index contributed by atoms with van der Waals surface area (Å²) in [5.74, 6) is -1.84. The van der Waals surface area contributed by atoms with Crippen LogP contribution in [0.25, 0.3) is 10.9 Å². The molecule has 0 bridgehead atoms. The summed E-state index contributed by atoms with van der Waals surface area (Å²) in [6.07, 6.45) is 0. The van der Waals surface area contributed by atoms with Gasteiger partial charge in [-0.2, -0.15) is 0 Å². The lowest BCUT2D eigenvalue weighted by Gasteiger charge is -2.20. The van der Waals surface area contributed by atoms with E-state index in [1.165, 1.54) is 19.1 Å². The number of halogens is 1. The third kappa shape index (κ3) is 5.00. The number of aromatic nitrogens is 1. The fourth-order valence-electron chi connectivity index (χ4n) is 3.30. The van der Waals surface area contributed by atoms with Crippen LogP contribution in [0.15, 0.2) is 42.5 Å². The summed E-state index contributed by atoms with van der Waals surface area (Å²) in [4.78, 5) is 40.6. The van der Waals surface area contributed by atoms with Crippen LogP contribution in [0.1, 0.15) is 29.8 Å². The number of urea groups is 1. The molecule has 3 N–H and O–H groups in total. The molecular weight excluding hydrogens is 403 g/mol. The van der Waals surface area contributed by atoms with Gasteiger partial charge in [-0.3, -0.25) is 15.4 Å². The molecule has 0 aliphatic rings. The first-order valence-electron chi connectivity index (χ1n) is 9.66. The number of carbonyl (C=O) groups is 3. The van der Waals surface area contributed by atoms with Crippen LogP contribution >= 0.6 is 0 Å². The maximum atomic E-state index is 14.5. The van der Waals surface area contributed by atoms with E-state index in [4.69, 9.17) is 4.74 Å². The van der Waals surface area contributed by atoms with Gasteiger partial charge in [0, 0.05) is 25.9 Å². The van der Waals surface area contributed by atoms with Crippen molar-refractivity contribution in [3.8, 4) is 0 Å². The van der Waals surface area contributed by atoms with Crippen molar-refractivity contribution in [3.63, 3.8) is 0 Å². The number of H-pyrrole nitrogens is 1. The highest BCUT2D eigenvalue weighted by molar-refractivity contribution is 6.14. The number of carbonyl (C=O) groups excluding carboxylic acids is 3. The molecule has 3 amide bonds. The number of hydrogen-bond acceptors (Lipinski definition) is 5. The molecule has 9 heteroatoms. The van der Waals surface area contributed by atoms with Crippen molar-refractivity contribution in [3.05, 3.63) is 59.4 Å². The highest BCUT2D eigenvalue weighted by Crippen LogP contribution is 2.35. The summed E-state index contributed by atoms with van der Waals surface area (Å²) in [5, 5.41) is 4.76. The Bertz CT molecular complexity index is 1130. The first-order chi connectivity index (χ1) is 14.8. The molecule has 0 saturated heterocycles. The molecule has 0 radical (unpaired) electrons. The zero-order valence-electron chi connectivity index (χ0n) is 17.4. The molecule has 1 heterocycles. The van der Waals surface area contributed by atoms with E-state index in [1.54, 1.807) is 14.0 Å².